The van der Waals surface area contributed by atoms with Gasteiger partial charge in [-0.25, -0.2) is 14.5 Å². The number of benzene rings is 1. The molecule has 1 aromatic carbocycles. The van der Waals surface area contributed by atoms with E-state index in [1.54, 1.807) is 4.68 Å². The highest BCUT2D eigenvalue weighted by molar-refractivity contribution is 5.88. The molecule has 1 N–H and O–H groups in total. The Morgan fingerprint density at radius 1 is 1.29 bits per heavy atom. The summed E-state index contributed by atoms with van der Waals surface area (Å²) in [5.74, 6) is -0.384. The van der Waals surface area contributed by atoms with Crippen molar-refractivity contribution in [1.29, 1.82) is 0 Å². The van der Waals surface area contributed by atoms with Crippen molar-refractivity contribution in [1.82, 2.24) is 14.8 Å². The van der Waals surface area contributed by atoms with Gasteiger partial charge in [0, 0.05) is 23.2 Å². The van der Waals surface area contributed by atoms with Gasteiger partial charge >= 0.3 is 5.97 Å². The summed E-state index contributed by atoms with van der Waals surface area (Å²) >= 11 is 0. The minimum absolute atomic E-state index is 0.610. The van der Waals surface area contributed by atoms with Crippen LogP contribution in [0, 0.1) is 6.92 Å². The highest BCUT2D eigenvalue weighted by Crippen LogP contribution is 2.20. The first-order valence-electron chi connectivity index (χ1n) is 6.47. The lowest BCUT2D eigenvalue weighted by Gasteiger charge is -2.07. The Morgan fingerprint density at radius 3 is 2.81 bits per heavy atom. The van der Waals surface area contributed by atoms with Gasteiger partial charge in [0.05, 0.1) is 11.2 Å². The van der Waals surface area contributed by atoms with E-state index in [0.717, 1.165) is 22.7 Å². The van der Waals surface area contributed by atoms with E-state index in [0.29, 0.717) is 11.4 Å². The fourth-order valence-corrected chi connectivity index (χ4v) is 2.12. The number of para-hydroxylation sites is 1. The van der Waals surface area contributed by atoms with Gasteiger partial charge in [-0.05, 0) is 31.2 Å². The van der Waals surface area contributed by atoms with Crippen LogP contribution < -0.4 is 0 Å². The topological polar surface area (TPSA) is 68.0 Å². The molecule has 0 amide bonds. The van der Waals surface area contributed by atoms with E-state index in [9.17, 15) is 4.79 Å². The monoisotopic (exact) mass is 279 g/mol. The summed E-state index contributed by atoms with van der Waals surface area (Å²) < 4.78 is 1.66. The summed E-state index contributed by atoms with van der Waals surface area (Å²) in [6.45, 7) is 1.89. The van der Waals surface area contributed by atoms with Gasteiger partial charge in [0.25, 0.3) is 0 Å². The minimum Gasteiger partial charge on any atom is -0.478 e. The molecule has 0 fully saturated rings. The van der Waals surface area contributed by atoms with Crippen molar-refractivity contribution in [2.45, 2.75) is 6.92 Å². The molecule has 2 heterocycles. The van der Waals surface area contributed by atoms with Crippen LogP contribution in [0.3, 0.4) is 0 Å². The standard InChI is InChI=1S/C16H13N3O2/c1-11-8-9-19(18-11)16-13(6-7-15(20)21)10-12-4-2-3-5-14(12)17-16/h2-10H,1H3,(H,20,21). The van der Waals surface area contributed by atoms with Crippen LogP contribution in [0.25, 0.3) is 22.8 Å². The number of rotatable bonds is 3. The molecule has 5 nitrogen and oxygen atoms in total. The van der Waals surface area contributed by atoms with Gasteiger partial charge in [0.2, 0.25) is 0 Å². The molecule has 0 saturated carbocycles. The lowest BCUT2D eigenvalue weighted by Crippen LogP contribution is -2.02. The van der Waals surface area contributed by atoms with Gasteiger partial charge in [-0.1, -0.05) is 18.2 Å². The number of fused-ring (bicyclic) bond motifs is 1. The Labute approximate surface area is 121 Å². The average Bonchev–Trinajstić information content (AvgIpc) is 2.90. The average molecular weight is 279 g/mol. The van der Waals surface area contributed by atoms with Crippen molar-refractivity contribution in [3.63, 3.8) is 0 Å². The van der Waals surface area contributed by atoms with Crippen LogP contribution in [0.4, 0.5) is 0 Å². The summed E-state index contributed by atoms with van der Waals surface area (Å²) in [6, 6.07) is 11.5. The SMILES string of the molecule is Cc1ccn(-c2nc3ccccc3cc2C=CC(=O)O)n1. The van der Waals surface area contributed by atoms with Crippen LogP contribution in [0.1, 0.15) is 11.3 Å². The Morgan fingerprint density at radius 2 is 2.10 bits per heavy atom. The normalized spacial score (nSPS) is 11.3. The minimum atomic E-state index is -0.995. The number of nitrogens with zero attached hydrogens (tertiary/aromatic N) is 3. The van der Waals surface area contributed by atoms with Crippen molar-refractivity contribution in [3.8, 4) is 5.82 Å². The van der Waals surface area contributed by atoms with Gasteiger partial charge in [-0.15, -0.1) is 0 Å². The molecule has 0 aliphatic carbocycles. The Bertz CT molecular complexity index is 850. The van der Waals surface area contributed by atoms with Crippen LogP contribution in [0.15, 0.2) is 48.7 Å². The number of carbonyl (C=O) groups is 1. The first-order chi connectivity index (χ1) is 10.1. The zero-order valence-electron chi connectivity index (χ0n) is 11.4. The van der Waals surface area contributed by atoms with Crippen molar-refractivity contribution < 1.29 is 9.90 Å². The Hall–Kier alpha value is -2.95. The van der Waals surface area contributed by atoms with E-state index in [2.05, 4.69) is 10.1 Å². The lowest BCUT2D eigenvalue weighted by molar-refractivity contribution is -0.131. The number of carboxylic acids is 1. The fourth-order valence-electron chi connectivity index (χ4n) is 2.12. The molecule has 0 saturated heterocycles. The van der Waals surface area contributed by atoms with Gasteiger partial charge in [-0.2, -0.15) is 5.10 Å². The number of pyridine rings is 1. The van der Waals surface area contributed by atoms with Crippen LogP contribution >= 0.6 is 0 Å². The molecular weight excluding hydrogens is 266 g/mol. The van der Waals surface area contributed by atoms with Crippen molar-refractivity contribution in [2.75, 3.05) is 0 Å². The smallest absolute Gasteiger partial charge is 0.328 e. The Kier molecular flexibility index (Phi) is 3.23. The molecule has 0 unspecified atom stereocenters. The van der Waals surface area contributed by atoms with Gasteiger partial charge in [0.15, 0.2) is 5.82 Å². The number of hydrogen-bond donors (Lipinski definition) is 1. The second-order valence-electron chi connectivity index (χ2n) is 4.67. The molecule has 3 aromatic rings. The molecule has 0 bridgehead atoms. The molecule has 5 heteroatoms. The van der Waals surface area contributed by atoms with Crippen molar-refractivity contribution >= 4 is 22.9 Å². The number of aliphatic carboxylic acids is 1. The predicted octanol–water partition coefficient (Wildman–Crippen LogP) is 2.83. The number of aromatic nitrogens is 3. The quantitative estimate of drug-likeness (QED) is 0.748. The first kappa shape index (κ1) is 13.1. The number of hydrogen-bond acceptors (Lipinski definition) is 3. The number of carboxylic acid groups (broad SMARTS) is 1. The molecule has 0 radical (unpaired) electrons. The lowest BCUT2D eigenvalue weighted by atomic mass is 10.1. The van der Waals surface area contributed by atoms with Crippen molar-refractivity contribution in [3.05, 3.63) is 59.9 Å². The van der Waals surface area contributed by atoms with Crippen LogP contribution in [0.2, 0.25) is 0 Å². The van der Waals surface area contributed by atoms with E-state index in [4.69, 9.17) is 5.11 Å². The summed E-state index contributed by atoms with van der Waals surface area (Å²) in [5, 5.41) is 14.1. The second-order valence-corrected chi connectivity index (χ2v) is 4.67. The maximum atomic E-state index is 10.8. The zero-order valence-corrected chi connectivity index (χ0v) is 11.4. The van der Waals surface area contributed by atoms with Crippen molar-refractivity contribution in [2.24, 2.45) is 0 Å². The molecule has 21 heavy (non-hydrogen) atoms. The van der Waals surface area contributed by atoms with E-state index in [1.807, 2.05) is 49.5 Å². The maximum absolute atomic E-state index is 10.8. The van der Waals surface area contributed by atoms with E-state index >= 15 is 0 Å². The van der Waals surface area contributed by atoms with Crippen LogP contribution in [-0.2, 0) is 4.79 Å². The number of aryl methyl sites for hydroxylation is 1. The summed E-state index contributed by atoms with van der Waals surface area (Å²) in [7, 11) is 0. The Balaban J connectivity index is 2.23. The largest absolute Gasteiger partial charge is 0.478 e. The summed E-state index contributed by atoms with van der Waals surface area (Å²) in [5.41, 5.74) is 2.42. The third-order valence-corrected chi connectivity index (χ3v) is 3.08. The molecule has 0 aliphatic heterocycles. The predicted molar refractivity (Wildman–Crippen MR) is 80.3 cm³/mol. The van der Waals surface area contributed by atoms with Gasteiger partial charge in [-0.3, -0.25) is 0 Å². The summed E-state index contributed by atoms with van der Waals surface area (Å²) in [4.78, 5) is 15.4. The van der Waals surface area contributed by atoms with E-state index in [1.165, 1.54) is 6.08 Å². The van der Waals surface area contributed by atoms with Crippen LogP contribution in [-0.4, -0.2) is 25.8 Å². The summed E-state index contributed by atoms with van der Waals surface area (Å²) in [6.07, 6.45) is 4.45. The molecule has 0 atom stereocenters. The molecule has 0 spiro atoms. The second kappa shape index (κ2) is 5.20. The van der Waals surface area contributed by atoms with E-state index < -0.39 is 5.97 Å². The molecular formula is C16H13N3O2. The highest BCUT2D eigenvalue weighted by Gasteiger charge is 2.08. The third kappa shape index (κ3) is 2.67. The third-order valence-electron chi connectivity index (χ3n) is 3.08. The molecule has 104 valence electrons. The van der Waals surface area contributed by atoms with Crippen LogP contribution in [0.5, 0.6) is 0 Å². The molecule has 3 rings (SSSR count). The van der Waals surface area contributed by atoms with E-state index in [-0.39, 0.29) is 0 Å². The van der Waals surface area contributed by atoms with Gasteiger partial charge < -0.3 is 5.11 Å². The zero-order chi connectivity index (χ0) is 14.8. The first-order valence-corrected chi connectivity index (χ1v) is 6.47. The van der Waals surface area contributed by atoms with Gasteiger partial charge in [0.1, 0.15) is 0 Å². The fraction of sp³-hybridized carbons (Fsp3) is 0.0625. The molecule has 0 aliphatic rings. The molecule has 2 aromatic heterocycles. The maximum Gasteiger partial charge on any atom is 0.328 e. The highest BCUT2D eigenvalue weighted by atomic mass is 16.4.